The van der Waals surface area contributed by atoms with Gasteiger partial charge in [0.2, 0.25) is 5.82 Å². The minimum Gasteiger partial charge on any atom is -0.440 e. The Labute approximate surface area is 188 Å². The third-order valence-corrected chi connectivity index (χ3v) is 7.73. The van der Waals surface area contributed by atoms with Crippen LogP contribution in [0.1, 0.15) is 29.7 Å². The topological polar surface area (TPSA) is 60.0 Å². The molecule has 0 spiro atoms. The van der Waals surface area contributed by atoms with Crippen molar-refractivity contribution in [1.82, 2.24) is 24.6 Å². The summed E-state index contributed by atoms with van der Waals surface area (Å²) >= 11 is 1.62. The number of fused-ring (bicyclic) bond motifs is 1. The average molecular weight is 464 g/mol. The van der Waals surface area contributed by atoms with Gasteiger partial charge >= 0.3 is 6.18 Å². The van der Waals surface area contributed by atoms with Crippen molar-refractivity contribution >= 4 is 11.8 Å². The van der Waals surface area contributed by atoms with Gasteiger partial charge in [-0.2, -0.15) is 13.2 Å². The molecule has 1 saturated carbocycles. The Kier molecular flexibility index (Phi) is 5.32. The molecule has 0 radical (unpaired) electrons. The first-order valence-corrected chi connectivity index (χ1v) is 11.6. The van der Waals surface area contributed by atoms with Crippen molar-refractivity contribution in [2.75, 3.05) is 25.4 Å². The Hall–Kier alpha value is -2.33. The van der Waals surface area contributed by atoms with Crippen LogP contribution in [-0.2, 0) is 18.6 Å². The van der Waals surface area contributed by atoms with E-state index in [1.54, 1.807) is 23.9 Å². The Bertz CT molecular complexity index is 1130. The number of halogens is 3. The molecule has 2 fully saturated rings. The van der Waals surface area contributed by atoms with E-state index in [1.165, 1.54) is 18.5 Å². The molecular formula is C22H24F3N5OS. The molecule has 3 aromatic rings. The quantitative estimate of drug-likeness (QED) is 0.378. The third-order valence-electron chi connectivity index (χ3n) is 6.62. The van der Waals surface area contributed by atoms with Crippen LogP contribution in [0.2, 0.25) is 0 Å². The van der Waals surface area contributed by atoms with E-state index in [0.717, 1.165) is 42.5 Å². The van der Waals surface area contributed by atoms with Gasteiger partial charge in [0, 0.05) is 31.3 Å². The number of piperidine rings is 1. The van der Waals surface area contributed by atoms with Crippen LogP contribution in [0.15, 0.2) is 40.2 Å². The molecule has 170 valence electrons. The molecular weight excluding hydrogens is 439 g/mol. The lowest BCUT2D eigenvalue weighted by Gasteiger charge is -2.23. The predicted octanol–water partition coefficient (Wildman–Crippen LogP) is 4.55. The normalized spacial score (nSPS) is 23.0. The number of alkyl halides is 3. The second-order valence-corrected chi connectivity index (χ2v) is 9.73. The summed E-state index contributed by atoms with van der Waals surface area (Å²) in [4.78, 5) is 6.40. The highest BCUT2D eigenvalue weighted by Crippen LogP contribution is 2.60. The van der Waals surface area contributed by atoms with E-state index in [9.17, 15) is 13.2 Å². The number of hydrogen-bond acceptors (Lipinski definition) is 6. The van der Waals surface area contributed by atoms with E-state index in [-0.39, 0.29) is 5.41 Å². The van der Waals surface area contributed by atoms with Crippen molar-refractivity contribution in [2.45, 2.75) is 36.5 Å². The van der Waals surface area contributed by atoms with Crippen LogP contribution < -0.4 is 0 Å². The summed E-state index contributed by atoms with van der Waals surface area (Å²) in [7, 11) is 1.90. The second-order valence-electron chi connectivity index (χ2n) is 8.67. The second kappa shape index (κ2) is 7.91. The maximum absolute atomic E-state index is 13.5. The maximum Gasteiger partial charge on any atom is 0.416 e. The smallest absolute Gasteiger partial charge is 0.416 e. The lowest BCUT2D eigenvalue weighted by Crippen LogP contribution is -2.29. The molecule has 10 heteroatoms. The van der Waals surface area contributed by atoms with Gasteiger partial charge < -0.3 is 13.9 Å². The number of aryl methyl sites for hydroxylation is 1. The van der Waals surface area contributed by atoms with Gasteiger partial charge in [0.25, 0.3) is 0 Å². The molecule has 2 aromatic heterocycles. The summed E-state index contributed by atoms with van der Waals surface area (Å²) in [6, 6.07) is 6.09. The lowest BCUT2D eigenvalue weighted by molar-refractivity contribution is -0.138. The molecule has 1 saturated heterocycles. The standard InChI is InChI=1S/C22H24F3N5OS/c1-14-18(31-13-26-14)19-27-28-20(29(19)2)32-9-5-8-30-11-15-10-21(15,12-30)16-6-3-4-7-17(16)22(23,24)25/h3-4,6-7,13,15H,5,8-12H2,1-2H3/t15-,21-/m0/s1. The fourth-order valence-corrected chi connectivity index (χ4v) is 5.78. The molecule has 6 nitrogen and oxygen atoms in total. The van der Waals surface area contributed by atoms with Crippen LogP contribution in [-0.4, -0.2) is 50.0 Å². The largest absolute Gasteiger partial charge is 0.440 e. The van der Waals surface area contributed by atoms with Crippen molar-refractivity contribution in [2.24, 2.45) is 13.0 Å². The third kappa shape index (κ3) is 3.73. The molecule has 3 heterocycles. The Balaban J connectivity index is 1.16. The van der Waals surface area contributed by atoms with Crippen LogP contribution >= 0.6 is 11.8 Å². The highest BCUT2D eigenvalue weighted by Gasteiger charge is 2.62. The molecule has 2 aliphatic rings. The molecule has 0 bridgehead atoms. The fraction of sp³-hybridized carbons (Fsp3) is 0.500. The summed E-state index contributed by atoms with van der Waals surface area (Å²) in [6.45, 7) is 4.30. The van der Waals surface area contributed by atoms with Gasteiger partial charge in [-0.15, -0.1) is 10.2 Å². The van der Waals surface area contributed by atoms with Crippen molar-refractivity contribution in [3.8, 4) is 11.6 Å². The monoisotopic (exact) mass is 463 g/mol. The van der Waals surface area contributed by atoms with E-state index < -0.39 is 11.7 Å². The van der Waals surface area contributed by atoms with Crippen molar-refractivity contribution in [3.63, 3.8) is 0 Å². The van der Waals surface area contributed by atoms with Gasteiger partial charge in [0.15, 0.2) is 17.3 Å². The number of thioether (sulfide) groups is 1. The minimum atomic E-state index is -4.30. The summed E-state index contributed by atoms with van der Waals surface area (Å²) in [5.74, 6) is 2.44. The molecule has 1 aliphatic carbocycles. The minimum absolute atomic E-state index is 0.324. The van der Waals surface area contributed by atoms with Gasteiger partial charge in [-0.25, -0.2) is 4.98 Å². The van der Waals surface area contributed by atoms with E-state index in [4.69, 9.17) is 4.42 Å². The number of benzene rings is 1. The van der Waals surface area contributed by atoms with Crippen LogP contribution in [0.25, 0.3) is 11.6 Å². The maximum atomic E-state index is 13.5. The molecule has 2 atom stereocenters. The zero-order chi connectivity index (χ0) is 22.5. The number of likely N-dealkylation sites (tertiary alicyclic amines) is 1. The first kappa shape index (κ1) is 21.5. The zero-order valence-electron chi connectivity index (χ0n) is 17.9. The zero-order valence-corrected chi connectivity index (χ0v) is 18.7. The summed E-state index contributed by atoms with van der Waals surface area (Å²) in [5.41, 5.74) is 0.446. The molecule has 5 rings (SSSR count). The summed E-state index contributed by atoms with van der Waals surface area (Å²) < 4.78 is 47.8. The number of nitrogens with zero attached hydrogens (tertiary/aromatic N) is 5. The first-order valence-electron chi connectivity index (χ1n) is 10.6. The van der Waals surface area contributed by atoms with Crippen LogP contribution in [0, 0.1) is 12.8 Å². The molecule has 0 unspecified atom stereocenters. The number of oxazole rings is 1. The Morgan fingerprint density at radius 2 is 2.06 bits per heavy atom. The highest BCUT2D eigenvalue weighted by atomic mass is 32.2. The molecule has 0 amide bonds. The van der Waals surface area contributed by atoms with Crippen molar-refractivity contribution in [3.05, 3.63) is 47.5 Å². The average Bonchev–Trinajstić information content (AvgIpc) is 3.05. The number of hydrogen-bond donors (Lipinski definition) is 0. The van der Waals surface area contributed by atoms with Gasteiger partial charge in [-0.3, -0.25) is 0 Å². The SMILES string of the molecule is Cc1ncoc1-c1nnc(SCCCN2C[C@@H]3C[C@]3(c3ccccc3C(F)(F)F)C2)n1C. The van der Waals surface area contributed by atoms with E-state index in [1.807, 2.05) is 18.5 Å². The van der Waals surface area contributed by atoms with E-state index in [0.29, 0.717) is 29.6 Å². The van der Waals surface area contributed by atoms with Crippen LogP contribution in [0.4, 0.5) is 13.2 Å². The molecule has 1 aliphatic heterocycles. The number of rotatable bonds is 7. The van der Waals surface area contributed by atoms with E-state index in [2.05, 4.69) is 20.1 Å². The first-order chi connectivity index (χ1) is 15.3. The van der Waals surface area contributed by atoms with Gasteiger partial charge in [-0.1, -0.05) is 30.0 Å². The molecule has 32 heavy (non-hydrogen) atoms. The van der Waals surface area contributed by atoms with Gasteiger partial charge in [0.1, 0.15) is 0 Å². The summed E-state index contributed by atoms with van der Waals surface area (Å²) in [5, 5.41) is 9.27. The highest BCUT2D eigenvalue weighted by molar-refractivity contribution is 7.99. The predicted molar refractivity (Wildman–Crippen MR) is 114 cm³/mol. The van der Waals surface area contributed by atoms with Crippen LogP contribution in [0.5, 0.6) is 0 Å². The van der Waals surface area contributed by atoms with E-state index >= 15 is 0 Å². The number of aromatic nitrogens is 4. The fourth-order valence-electron chi connectivity index (χ4n) is 4.95. The lowest BCUT2D eigenvalue weighted by atomic mass is 9.90. The van der Waals surface area contributed by atoms with Crippen molar-refractivity contribution in [1.29, 1.82) is 0 Å². The van der Waals surface area contributed by atoms with Crippen LogP contribution in [0.3, 0.4) is 0 Å². The summed E-state index contributed by atoms with van der Waals surface area (Å²) in [6.07, 6.45) is -1.12. The Morgan fingerprint density at radius 1 is 1.25 bits per heavy atom. The van der Waals surface area contributed by atoms with Gasteiger partial charge in [-0.05, 0) is 43.9 Å². The molecule has 0 N–H and O–H groups in total. The Morgan fingerprint density at radius 3 is 2.81 bits per heavy atom. The molecule has 1 aromatic carbocycles. The van der Waals surface area contributed by atoms with Gasteiger partial charge in [0.05, 0.1) is 11.3 Å². The van der Waals surface area contributed by atoms with Crippen molar-refractivity contribution < 1.29 is 17.6 Å².